The van der Waals surface area contributed by atoms with E-state index in [1.165, 1.54) is 12.1 Å². The molecule has 1 saturated heterocycles. The van der Waals surface area contributed by atoms with E-state index in [-0.39, 0.29) is 11.1 Å². The summed E-state index contributed by atoms with van der Waals surface area (Å²) in [5.41, 5.74) is 1.58. The molecule has 82 valence electrons. The van der Waals surface area contributed by atoms with Gasteiger partial charge in [-0.3, -0.25) is 0 Å². The molecule has 0 spiro atoms. The van der Waals surface area contributed by atoms with Crippen LogP contribution in [0.15, 0.2) is 18.2 Å². The van der Waals surface area contributed by atoms with E-state index in [1.54, 1.807) is 11.8 Å². The van der Waals surface area contributed by atoms with E-state index in [0.29, 0.717) is 5.56 Å². The van der Waals surface area contributed by atoms with Gasteiger partial charge in [0.1, 0.15) is 5.82 Å². The van der Waals surface area contributed by atoms with Crippen molar-refractivity contribution < 1.29 is 9.50 Å². The van der Waals surface area contributed by atoms with E-state index in [0.717, 1.165) is 24.2 Å². The molecule has 1 aliphatic heterocycles. The van der Waals surface area contributed by atoms with E-state index in [1.807, 2.05) is 13.0 Å². The van der Waals surface area contributed by atoms with Crippen molar-refractivity contribution >= 4 is 11.8 Å². The summed E-state index contributed by atoms with van der Waals surface area (Å²) in [4.78, 5) is 0. The predicted molar refractivity (Wildman–Crippen MR) is 61.6 cm³/mol. The van der Waals surface area contributed by atoms with Gasteiger partial charge in [-0.25, -0.2) is 4.39 Å². The fraction of sp³-hybridized carbons (Fsp3) is 0.500. The van der Waals surface area contributed by atoms with E-state index in [2.05, 4.69) is 0 Å². The van der Waals surface area contributed by atoms with Crippen molar-refractivity contribution in [3.63, 3.8) is 0 Å². The Balaban J connectivity index is 2.20. The molecule has 1 fully saturated rings. The fourth-order valence-electron chi connectivity index (χ4n) is 2.00. The van der Waals surface area contributed by atoms with Gasteiger partial charge in [0.05, 0.1) is 6.10 Å². The summed E-state index contributed by atoms with van der Waals surface area (Å²) in [6, 6.07) is 4.79. The van der Waals surface area contributed by atoms with Gasteiger partial charge in [0.25, 0.3) is 0 Å². The normalized spacial score (nSPS) is 23.0. The lowest BCUT2D eigenvalue weighted by Gasteiger charge is -2.17. The number of hydrogen-bond acceptors (Lipinski definition) is 2. The van der Waals surface area contributed by atoms with Gasteiger partial charge in [-0.1, -0.05) is 6.07 Å². The van der Waals surface area contributed by atoms with Gasteiger partial charge in [0.2, 0.25) is 0 Å². The highest BCUT2D eigenvalue weighted by atomic mass is 32.2. The molecular weight excluding hydrogens is 211 g/mol. The Kier molecular flexibility index (Phi) is 3.32. The summed E-state index contributed by atoms with van der Waals surface area (Å²) in [6.45, 7) is 1.85. The maximum atomic E-state index is 13.2. The number of rotatable bonds is 2. The van der Waals surface area contributed by atoms with E-state index in [9.17, 15) is 9.50 Å². The summed E-state index contributed by atoms with van der Waals surface area (Å²) in [7, 11) is 0. The third-order valence-corrected chi connectivity index (χ3v) is 4.17. The van der Waals surface area contributed by atoms with Crippen molar-refractivity contribution in [1.82, 2.24) is 0 Å². The SMILES string of the molecule is Cc1cc(F)cc(C(O)C2CCCS2)c1. The molecule has 0 aliphatic carbocycles. The van der Waals surface area contributed by atoms with Crippen LogP contribution < -0.4 is 0 Å². The summed E-state index contributed by atoms with van der Waals surface area (Å²) in [5.74, 6) is 0.850. The first-order chi connectivity index (χ1) is 7.16. The van der Waals surface area contributed by atoms with Gasteiger partial charge in [-0.05, 0) is 48.8 Å². The second-order valence-electron chi connectivity index (χ2n) is 4.06. The molecule has 1 aromatic rings. The molecule has 1 aliphatic rings. The molecule has 0 amide bonds. The molecule has 1 heterocycles. The summed E-state index contributed by atoms with van der Waals surface area (Å²) in [5, 5.41) is 10.3. The molecule has 2 unspecified atom stereocenters. The number of halogens is 1. The first-order valence-electron chi connectivity index (χ1n) is 5.23. The molecule has 1 N–H and O–H groups in total. The van der Waals surface area contributed by atoms with Gasteiger partial charge in [0.15, 0.2) is 0 Å². The molecule has 15 heavy (non-hydrogen) atoms. The topological polar surface area (TPSA) is 20.2 Å². The van der Waals surface area contributed by atoms with Gasteiger partial charge < -0.3 is 5.11 Å². The molecule has 3 heteroatoms. The highest BCUT2D eigenvalue weighted by molar-refractivity contribution is 8.00. The third kappa shape index (κ3) is 2.52. The number of aliphatic hydroxyl groups is 1. The Hall–Kier alpha value is -0.540. The largest absolute Gasteiger partial charge is 0.387 e. The zero-order valence-corrected chi connectivity index (χ0v) is 9.56. The van der Waals surface area contributed by atoms with Crippen LogP contribution in [0.5, 0.6) is 0 Å². The summed E-state index contributed by atoms with van der Waals surface area (Å²) >= 11 is 1.78. The fourth-order valence-corrected chi connectivity index (χ4v) is 3.31. The Labute approximate surface area is 93.7 Å². The molecule has 0 saturated carbocycles. The average molecular weight is 226 g/mol. The van der Waals surface area contributed by atoms with Gasteiger partial charge in [0, 0.05) is 5.25 Å². The zero-order valence-electron chi connectivity index (χ0n) is 8.74. The predicted octanol–water partition coefficient (Wildman–Crippen LogP) is 3.06. The summed E-state index contributed by atoms with van der Waals surface area (Å²) in [6.07, 6.45) is 1.66. The van der Waals surface area contributed by atoms with Crippen LogP contribution in [-0.2, 0) is 0 Å². The van der Waals surface area contributed by atoms with Crippen LogP contribution in [0.25, 0.3) is 0 Å². The monoisotopic (exact) mass is 226 g/mol. The van der Waals surface area contributed by atoms with Crippen molar-refractivity contribution in [2.75, 3.05) is 5.75 Å². The highest BCUT2D eigenvalue weighted by Crippen LogP contribution is 2.36. The summed E-state index contributed by atoms with van der Waals surface area (Å²) < 4.78 is 13.2. The third-order valence-electron chi connectivity index (χ3n) is 2.72. The highest BCUT2D eigenvalue weighted by Gasteiger charge is 2.25. The second kappa shape index (κ2) is 4.54. The Morgan fingerprint density at radius 3 is 2.87 bits per heavy atom. The molecular formula is C12H15FOS. The Bertz CT molecular complexity index is 327. The average Bonchev–Trinajstić information content (AvgIpc) is 2.67. The maximum absolute atomic E-state index is 13.2. The molecule has 1 aromatic carbocycles. The van der Waals surface area contributed by atoms with Crippen LogP contribution in [0.3, 0.4) is 0 Å². The lowest BCUT2D eigenvalue weighted by atomic mass is 10.0. The van der Waals surface area contributed by atoms with Crippen molar-refractivity contribution in [2.24, 2.45) is 0 Å². The quantitative estimate of drug-likeness (QED) is 0.836. The standard InChI is InChI=1S/C12H15FOS/c1-8-5-9(7-10(13)6-8)12(14)11-3-2-4-15-11/h5-7,11-12,14H,2-4H2,1H3. The Morgan fingerprint density at radius 1 is 1.47 bits per heavy atom. The number of hydrogen-bond donors (Lipinski definition) is 1. The smallest absolute Gasteiger partial charge is 0.123 e. The van der Waals surface area contributed by atoms with Crippen molar-refractivity contribution in [3.8, 4) is 0 Å². The maximum Gasteiger partial charge on any atom is 0.123 e. The molecule has 0 aromatic heterocycles. The lowest BCUT2D eigenvalue weighted by molar-refractivity contribution is 0.172. The minimum atomic E-state index is -0.521. The number of aliphatic hydroxyl groups excluding tert-OH is 1. The first-order valence-corrected chi connectivity index (χ1v) is 6.28. The van der Waals surface area contributed by atoms with Crippen molar-refractivity contribution in [3.05, 3.63) is 35.1 Å². The van der Waals surface area contributed by atoms with Crippen molar-refractivity contribution in [1.29, 1.82) is 0 Å². The molecule has 1 nitrogen and oxygen atoms in total. The lowest BCUT2D eigenvalue weighted by Crippen LogP contribution is -2.12. The van der Waals surface area contributed by atoms with Crippen molar-refractivity contribution in [2.45, 2.75) is 31.1 Å². The van der Waals surface area contributed by atoms with E-state index in [4.69, 9.17) is 0 Å². The second-order valence-corrected chi connectivity index (χ2v) is 5.41. The minimum absolute atomic E-state index is 0.242. The molecule has 0 bridgehead atoms. The molecule has 2 atom stereocenters. The van der Waals surface area contributed by atoms with Crippen LogP contribution in [0.2, 0.25) is 0 Å². The Morgan fingerprint density at radius 2 is 2.27 bits per heavy atom. The number of benzene rings is 1. The van der Waals surface area contributed by atoms with Crippen LogP contribution in [0.1, 0.15) is 30.1 Å². The van der Waals surface area contributed by atoms with E-state index < -0.39 is 6.10 Å². The first kappa shape index (κ1) is 11.0. The van der Waals surface area contributed by atoms with Crippen LogP contribution in [0, 0.1) is 12.7 Å². The van der Waals surface area contributed by atoms with Gasteiger partial charge >= 0.3 is 0 Å². The van der Waals surface area contributed by atoms with Crippen LogP contribution in [0.4, 0.5) is 4.39 Å². The zero-order chi connectivity index (χ0) is 10.8. The van der Waals surface area contributed by atoms with E-state index >= 15 is 0 Å². The number of aryl methyl sites for hydroxylation is 1. The van der Waals surface area contributed by atoms with Crippen LogP contribution >= 0.6 is 11.8 Å². The number of thioether (sulfide) groups is 1. The van der Waals surface area contributed by atoms with Crippen LogP contribution in [-0.4, -0.2) is 16.1 Å². The van der Waals surface area contributed by atoms with Gasteiger partial charge in [-0.15, -0.1) is 0 Å². The molecule has 0 radical (unpaired) electrons. The molecule has 2 rings (SSSR count). The minimum Gasteiger partial charge on any atom is -0.387 e. The van der Waals surface area contributed by atoms with Gasteiger partial charge in [-0.2, -0.15) is 11.8 Å².